The molecule has 2 fully saturated rings. The Bertz CT molecular complexity index is 726. The maximum Gasteiger partial charge on any atom is 0.237 e. The molecule has 1 aromatic carbocycles. The van der Waals surface area contributed by atoms with Crippen LogP contribution in [0.5, 0.6) is 0 Å². The number of amides is 1. The predicted molar refractivity (Wildman–Crippen MR) is 91.5 cm³/mol. The number of hydrogen-bond acceptors (Lipinski definition) is 3. The molecule has 2 aliphatic heterocycles. The number of fused-ring (bicyclic) bond motifs is 1. The fourth-order valence-electron chi connectivity index (χ4n) is 3.79. The van der Waals surface area contributed by atoms with Crippen molar-refractivity contribution in [3.63, 3.8) is 0 Å². The molecule has 0 spiro atoms. The van der Waals surface area contributed by atoms with Gasteiger partial charge >= 0.3 is 0 Å². The first-order chi connectivity index (χ1) is 11.5. The van der Waals surface area contributed by atoms with E-state index in [9.17, 15) is 14.0 Å². The summed E-state index contributed by atoms with van der Waals surface area (Å²) in [6.07, 6.45) is 4.92. The summed E-state index contributed by atoms with van der Waals surface area (Å²) in [6.45, 7) is 3.08. The van der Waals surface area contributed by atoms with Gasteiger partial charge in [-0.2, -0.15) is 0 Å². The van der Waals surface area contributed by atoms with Gasteiger partial charge in [0.05, 0.1) is 22.3 Å². The van der Waals surface area contributed by atoms with Gasteiger partial charge in [-0.25, -0.2) is 4.39 Å². The molecule has 4 nitrogen and oxygen atoms in total. The standard InChI is InChI=1S/C18H20ClFN2O2/c1-10-17(23)12-9-13(20)16(21-7-3-2-4-8-21)14(19)15(12)22(18(10)24)11-5-6-11/h9-11H,2-8H2,1H3. The van der Waals surface area contributed by atoms with Gasteiger partial charge in [0.25, 0.3) is 0 Å². The number of anilines is 2. The second-order valence-electron chi connectivity index (χ2n) is 6.99. The number of carbonyl (C=O) groups is 2. The predicted octanol–water partition coefficient (Wildman–Crippen LogP) is 3.80. The van der Waals surface area contributed by atoms with Gasteiger partial charge in [0.15, 0.2) is 5.78 Å². The van der Waals surface area contributed by atoms with Crippen molar-refractivity contribution >= 4 is 34.7 Å². The molecule has 1 aliphatic carbocycles. The number of carbonyl (C=O) groups excluding carboxylic acids is 2. The van der Waals surface area contributed by atoms with Crippen molar-refractivity contribution in [3.05, 3.63) is 22.5 Å². The van der Waals surface area contributed by atoms with Crippen LogP contribution in [-0.4, -0.2) is 30.8 Å². The Balaban J connectivity index is 1.89. The van der Waals surface area contributed by atoms with E-state index in [1.807, 2.05) is 4.90 Å². The molecule has 1 saturated carbocycles. The molecule has 1 aromatic rings. The maximum atomic E-state index is 14.8. The van der Waals surface area contributed by atoms with Crippen LogP contribution in [0.4, 0.5) is 15.8 Å². The van der Waals surface area contributed by atoms with E-state index in [1.165, 1.54) is 6.07 Å². The van der Waals surface area contributed by atoms with Gasteiger partial charge in [-0.3, -0.25) is 9.59 Å². The average Bonchev–Trinajstić information content (AvgIpc) is 3.40. The normalized spacial score (nSPS) is 24.4. The first-order valence-corrected chi connectivity index (χ1v) is 9.02. The number of Topliss-reactive ketones (excluding diaryl/α,β-unsaturated/α-hetero) is 1. The molecule has 1 unspecified atom stereocenters. The minimum Gasteiger partial charge on any atom is -0.368 e. The van der Waals surface area contributed by atoms with Crippen LogP contribution in [0.25, 0.3) is 0 Å². The Labute approximate surface area is 145 Å². The van der Waals surface area contributed by atoms with Crippen molar-refractivity contribution in [2.75, 3.05) is 22.9 Å². The Morgan fingerprint density at radius 3 is 2.42 bits per heavy atom. The van der Waals surface area contributed by atoms with Gasteiger partial charge in [-0.15, -0.1) is 0 Å². The molecule has 0 radical (unpaired) electrons. The molecule has 128 valence electrons. The molecule has 2 heterocycles. The van der Waals surface area contributed by atoms with Gasteiger partial charge in [-0.1, -0.05) is 11.6 Å². The minimum absolute atomic E-state index is 0.0870. The Hall–Kier alpha value is -1.62. The second kappa shape index (κ2) is 5.73. The number of rotatable bonds is 2. The molecule has 6 heteroatoms. The first-order valence-electron chi connectivity index (χ1n) is 8.65. The number of benzene rings is 1. The van der Waals surface area contributed by atoms with Crippen LogP contribution in [0.2, 0.25) is 5.02 Å². The Morgan fingerprint density at radius 1 is 1.12 bits per heavy atom. The van der Waals surface area contributed by atoms with Crippen molar-refractivity contribution in [2.24, 2.45) is 5.92 Å². The Kier molecular flexibility index (Phi) is 3.79. The van der Waals surface area contributed by atoms with Crippen molar-refractivity contribution < 1.29 is 14.0 Å². The topological polar surface area (TPSA) is 40.6 Å². The third kappa shape index (κ3) is 2.32. The van der Waals surface area contributed by atoms with E-state index < -0.39 is 11.7 Å². The molecular weight excluding hydrogens is 331 g/mol. The van der Waals surface area contributed by atoms with Crippen LogP contribution in [0, 0.1) is 11.7 Å². The summed E-state index contributed by atoms with van der Waals surface area (Å²) in [5.74, 6) is -1.79. The van der Waals surface area contributed by atoms with E-state index in [2.05, 4.69) is 0 Å². The SMILES string of the molecule is CC1C(=O)c2cc(F)c(N3CCCCC3)c(Cl)c2N(C2CC2)C1=O. The van der Waals surface area contributed by atoms with Gasteiger partial charge in [0.1, 0.15) is 5.82 Å². The van der Waals surface area contributed by atoms with Crippen LogP contribution in [0.15, 0.2) is 6.07 Å². The number of piperidine rings is 1. The van der Waals surface area contributed by atoms with Crippen molar-refractivity contribution in [3.8, 4) is 0 Å². The van der Waals surface area contributed by atoms with Crippen molar-refractivity contribution in [2.45, 2.75) is 45.1 Å². The second-order valence-corrected chi connectivity index (χ2v) is 7.37. The monoisotopic (exact) mass is 350 g/mol. The summed E-state index contributed by atoms with van der Waals surface area (Å²) in [4.78, 5) is 28.8. The van der Waals surface area contributed by atoms with Crippen LogP contribution in [-0.2, 0) is 4.79 Å². The molecule has 3 aliphatic rings. The van der Waals surface area contributed by atoms with E-state index in [4.69, 9.17) is 11.6 Å². The summed E-state index contributed by atoms with van der Waals surface area (Å²) in [7, 11) is 0. The van der Waals surface area contributed by atoms with Gasteiger partial charge in [0.2, 0.25) is 5.91 Å². The zero-order valence-corrected chi connectivity index (χ0v) is 14.4. The zero-order valence-electron chi connectivity index (χ0n) is 13.6. The molecule has 1 saturated heterocycles. The highest BCUT2D eigenvalue weighted by molar-refractivity contribution is 6.39. The lowest BCUT2D eigenvalue weighted by molar-refractivity contribution is -0.121. The first kappa shape index (κ1) is 15.9. The number of halogens is 2. The van der Waals surface area contributed by atoms with E-state index in [-0.39, 0.29) is 28.3 Å². The van der Waals surface area contributed by atoms with Crippen LogP contribution in [0.1, 0.15) is 49.4 Å². The summed E-state index contributed by atoms with van der Waals surface area (Å²) in [5, 5.41) is 0.215. The summed E-state index contributed by atoms with van der Waals surface area (Å²) < 4.78 is 14.8. The lowest BCUT2D eigenvalue weighted by atomic mass is 9.90. The van der Waals surface area contributed by atoms with Crippen LogP contribution >= 0.6 is 11.6 Å². The molecule has 0 bridgehead atoms. The lowest BCUT2D eigenvalue weighted by Gasteiger charge is -2.36. The molecule has 0 N–H and O–H groups in total. The van der Waals surface area contributed by atoms with E-state index in [0.29, 0.717) is 11.4 Å². The average molecular weight is 351 g/mol. The maximum absolute atomic E-state index is 14.8. The van der Waals surface area contributed by atoms with Crippen molar-refractivity contribution in [1.29, 1.82) is 0 Å². The van der Waals surface area contributed by atoms with Gasteiger partial charge in [0, 0.05) is 24.7 Å². The highest BCUT2D eigenvalue weighted by atomic mass is 35.5. The third-order valence-corrected chi connectivity index (χ3v) is 5.62. The molecule has 1 amide bonds. The molecule has 4 rings (SSSR count). The van der Waals surface area contributed by atoms with Crippen molar-refractivity contribution in [1.82, 2.24) is 0 Å². The van der Waals surface area contributed by atoms with Gasteiger partial charge in [-0.05, 0) is 45.1 Å². The quantitative estimate of drug-likeness (QED) is 0.762. The minimum atomic E-state index is -0.769. The molecule has 0 aromatic heterocycles. The molecule has 24 heavy (non-hydrogen) atoms. The smallest absolute Gasteiger partial charge is 0.237 e. The molecular formula is C18H20ClFN2O2. The molecule has 1 atom stereocenters. The fraction of sp³-hybridized carbons (Fsp3) is 0.556. The summed E-state index contributed by atoms with van der Waals surface area (Å²) >= 11 is 6.58. The van der Waals surface area contributed by atoms with E-state index in [1.54, 1.807) is 11.8 Å². The van der Waals surface area contributed by atoms with Crippen LogP contribution in [0.3, 0.4) is 0 Å². The summed E-state index contributed by atoms with van der Waals surface area (Å²) in [6, 6.07) is 1.37. The van der Waals surface area contributed by atoms with E-state index in [0.717, 1.165) is 45.2 Å². The number of hydrogen-bond donors (Lipinski definition) is 0. The Morgan fingerprint density at radius 2 is 1.79 bits per heavy atom. The largest absolute Gasteiger partial charge is 0.368 e. The van der Waals surface area contributed by atoms with E-state index >= 15 is 0 Å². The number of nitrogens with zero attached hydrogens (tertiary/aromatic N) is 2. The zero-order chi connectivity index (χ0) is 17.0. The lowest BCUT2D eigenvalue weighted by Crippen LogP contribution is -2.45. The highest BCUT2D eigenvalue weighted by Gasteiger charge is 2.45. The van der Waals surface area contributed by atoms with Crippen LogP contribution < -0.4 is 9.80 Å². The fourth-order valence-corrected chi connectivity index (χ4v) is 4.19. The van der Waals surface area contributed by atoms with Gasteiger partial charge < -0.3 is 9.80 Å². The summed E-state index contributed by atoms with van der Waals surface area (Å²) in [5.41, 5.74) is 1.02. The number of ketones is 1. The third-order valence-electron chi connectivity index (χ3n) is 5.26. The highest BCUT2D eigenvalue weighted by Crippen LogP contribution is 2.47.